The molecule has 13 nitrogen and oxygen atoms in total. The summed E-state index contributed by atoms with van der Waals surface area (Å²) in [5, 5.41) is 4.99. The zero-order chi connectivity index (χ0) is 39.5. The summed E-state index contributed by atoms with van der Waals surface area (Å²) >= 11 is 1.29. The number of urea groups is 1. The van der Waals surface area contributed by atoms with Crippen LogP contribution in [-0.4, -0.2) is 95.6 Å². The number of piperazine rings is 1. The molecule has 0 radical (unpaired) electrons. The van der Waals surface area contributed by atoms with E-state index >= 15 is 4.39 Å². The lowest BCUT2D eigenvalue weighted by Crippen LogP contribution is -2.65. The van der Waals surface area contributed by atoms with Gasteiger partial charge < -0.3 is 29.0 Å². The van der Waals surface area contributed by atoms with Crippen LogP contribution in [0.25, 0.3) is 0 Å². The van der Waals surface area contributed by atoms with Crippen LogP contribution in [0.1, 0.15) is 100 Å². The lowest BCUT2D eigenvalue weighted by Gasteiger charge is -2.64. The number of Topliss-reactive ketones (excluding diaryl/α,β-unsaturated/α-hetero) is 1. The van der Waals surface area contributed by atoms with Crippen LogP contribution in [-0.2, 0) is 34.9 Å². The molecule has 0 spiro atoms. The number of rotatable bonds is 11. The number of amides is 4. The molecule has 7 rings (SSSR count). The number of halogens is 1. The molecule has 2 saturated heterocycles. The van der Waals surface area contributed by atoms with Crippen LogP contribution in [0.2, 0.25) is 5.82 Å². The Morgan fingerprint density at radius 2 is 1.87 bits per heavy atom. The van der Waals surface area contributed by atoms with Gasteiger partial charge in [0.15, 0.2) is 5.78 Å². The summed E-state index contributed by atoms with van der Waals surface area (Å²) < 4.78 is 40.1. The van der Waals surface area contributed by atoms with Gasteiger partial charge in [-0.2, -0.15) is 0 Å². The van der Waals surface area contributed by atoms with Crippen LogP contribution in [0.3, 0.4) is 0 Å². The van der Waals surface area contributed by atoms with E-state index in [1.807, 2.05) is 0 Å². The van der Waals surface area contributed by atoms with E-state index in [0.717, 1.165) is 23.8 Å². The molecular formula is C38H50BFN4O9S. The Labute approximate surface area is 319 Å². The maximum atomic E-state index is 15.3. The maximum absolute atomic E-state index is 15.3. The second-order valence-electron chi connectivity index (χ2n) is 16.6. The number of aryl methyl sites for hydroxylation is 1. The van der Waals surface area contributed by atoms with Gasteiger partial charge in [-0.3, -0.25) is 19.3 Å². The Hall–Kier alpha value is -3.89. The van der Waals surface area contributed by atoms with E-state index < -0.39 is 65.6 Å². The Morgan fingerprint density at radius 3 is 2.48 bits per heavy atom. The van der Waals surface area contributed by atoms with Gasteiger partial charge in [0.2, 0.25) is 0 Å². The normalized spacial score (nSPS) is 25.8. The number of thiazole rings is 1. The van der Waals surface area contributed by atoms with Crippen LogP contribution in [0.5, 0.6) is 5.75 Å². The van der Waals surface area contributed by atoms with Crippen molar-refractivity contribution in [2.45, 2.75) is 110 Å². The number of nitrogens with zero attached hydrogens (tertiary/aromatic N) is 3. The fraction of sp³-hybridized carbons (Fsp3) is 0.632. The highest BCUT2D eigenvalue weighted by Crippen LogP contribution is 2.66. The zero-order valence-corrected chi connectivity index (χ0v) is 33.3. The Bertz CT molecular complexity index is 1850. The van der Waals surface area contributed by atoms with Gasteiger partial charge in [-0.25, -0.2) is 19.0 Å². The highest BCUT2D eigenvalue weighted by molar-refractivity contribution is 7.09. The molecule has 2 bridgehead atoms. The lowest BCUT2D eigenvalue weighted by atomic mass is 9.43. The number of likely N-dealkylation sites (N-methyl/N-ethyl adjacent to an activating group) is 1. The number of methoxy groups -OCH3 is 1. The van der Waals surface area contributed by atoms with Gasteiger partial charge in [-0.05, 0) is 95.8 Å². The molecule has 54 heavy (non-hydrogen) atoms. The first-order chi connectivity index (χ1) is 25.3. The number of ether oxygens (including phenoxy) is 2. The smallest absolute Gasteiger partial charge is 0.461 e. The minimum absolute atomic E-state index is 0.00382. The zero-order valence-electron chi connectivity index (χ0n) is 32.4. The van der Waals surface area contributed by atoms with Crippen LogP contribution in [0, 0.1) is 30.0 Å². The molecule has 3 heterocycles. The molecule has 4 unspecified atom stereocenters. The van der Waals surface area contributed by atoms with Gasteiger partial charge in [0.25, 0.3) is 0 Å². The van der Waals surface area contributed by atoms with Gasteiger partial charge in [-0.15, -0.1) is 11.3 Å². The average molecular weight is 769 g/mol. The quantitative estimate of drug-likeness (QED) is 0.181. The molecule has 1 aromatic carbocycles. The minimum Gasteiger partial charge on any atom is -0.496 e. The van der Waals surface area contributed by atoms with Crippen molar-refractivity contribution in [3.63, 3.8) is 0 Å². The molecule has 292 valence electrons. The van der Waals surface area contributed by atoms with E-state index in [0.29, 0.717) is 23.0 Å². The predicted octanol–water partition coefficient (Wildman–Crippen LogP) is 5.30. The van der Waals surface area contributed by atoms with Crippen molar-refractivity contribution < 1.29 is 47.1 Å². The average Bonchev–Trinajstić information content (AvgIpc) is 3.69. The Kier molecular flexibility index (Phi) is 10.8. The number of hydrogen-bond acceptors (Lipinski definition) is 11. The summed E-state index contributed by atoms with van der Waals surface area (Å²) in [5.41, 5.74) is -0.977. The minimum atomic E-state index is -1.30. The first-order valence-electron chi connectivity index (χ1n) is 18.6. The molecule has 1 aromatic heterocycles. The monoisotopic (exact) mass is 768 g/mol. The molecule has 5 fully saturated rings. The van der Waals surface area contributed by atoms with Crippen molar-refractivity contribution in [3.05, 3.63) is 45.2 Å². The van der Waals surface area contributed by atoms with Crippen molar-refractivity contribution >= 4 is 48.1 Å². The number of esters is 1. The highest BCUT2D eigenvalue weighted by Gasteiger charge is 2.68. The largest absolute Gasteiger partial charge is 0.496 e. The van der Waals surface area contributed by atoms with E-state index in [9.17, 15) is 24.0 Å². The molecule has 1 N–H and O–H groups in total. The summed E-state index contributed by atoms with van der Waals surface area (Å²) in [6.07, 6.45) is 1.32. The summed E-state index contributed by atoms with van der Waals surface area (Å²) in [7, 11) is 0.465. The first-order valence-corrected chi connectivity index (χ1v) is 19.4. The number of hydrogen-bond donors (Lipinski definition) is 1. The molecule has 2 aliphatic heterocycles. The number of carbonyl (C=O) groups is 5. The van der Waals surface area contributed by atoms with E-state index in [2.05, 4.69) is 31.1 Å². The molecule has 6 atom stereocenters. The topological polar surface area (TPSA) is 154 Å². The number of aromatic nitrogens is 1. The van der Waals surface area contributed by atoms with Crippen molar-refractivity contribution in [1.29, 1.82) is 0 Å². The molecule has 3 saturated carbocycles. The standard InChI is InChI=1S/C38H50BFN4O9S/c1-10-43-11-12-44(33(47)32(43)46)35(49)42-30(26-19-54-20(2)41-26)27(45)17-23(39-52-29-16-22-15-28(37(22,6)7)38(29,8)53-39)13-21-14-24(40)18-25(31(21)50-9)34(48)51-36(3,4)5/h14,18-19,22-23,28-30H,10-13,15-17H2,1-9H3,(H,42,49)/t22?,23-,28?,29?,30?,38+/m1/s1. The summed E-state index contributed by atoms with van der Waals surface area (Å²) in [6, 6.07) is 0.129. The van der Waals surface area contributed by atoms with Crippen molar-refractivity contribution in [2.24, 2.45) is 17.3 Å². The van der Waals surface area contributed by atoms with Gasteiger partial charge >= 0.3 is 30.9 Å². The second kappa shape index (κ2) is 14.6. The third-order valence-electron chi connectivity index (χ3n) is 11.7. The van der Waals surface area contributed by atoms with Gasteiger partial charge in [0.05, 0.1) is 29.5 Å². The third-order valence-corrected chi connectivity index (χ3v) is 12.5. The van der Waals surface area contributed by atoms with E-state index in [1.54, 1.807) is 40.0 Å². The van der Waals surface area contributed by atoms with Crippen molar-refractivity contribution in [1.82, 2.24) is 20.1 Å². The number of benzene rings is 1. The number of imide groups is 1. The van der Waals surface area contributed by atoms with Crippen LogP contribution in [0.4, 0.5) is 9.18 Å². The third kappa shape index (κ3) is 7.40. The fourth-order valence-electron chi connectivity index (χ4n) is 8.76. The van der Waals surface area contributed by atoms with Gasteiger partial charge in [-0.1, -0.05) is 13.8 Å². The highest BCUT2D eigenvalue weighted by atomic mass is 32.1. The van der Waals surface area contributed by atoms with Gasteiger partial charge in [0, 0.05) is 37.3 Å². The molecule has 4 amide bonds. The van der Waals surface area contributed by atoms with Crippen molar-refractivity contribution in [2.75, 3.05) is 26.7 Å². The van der Waals surface area contributed by atoms with Gasteiger partial charge in [0.1, 0.15) is 28.8 Å². The summed E-state index contributed by atoms with van der Waals surface area (Å²) in [6.45, 7) is 15.6. The first kappa shape index (κ1) is 39.8. The van der Waals surface area contributed by atoms with E-state index in [1.165, 1.54) is 29.4 Å². The van der Waals surface area contributed by atoms with Crippen LogP contribution < -0.4 is 10.1 Å². The van der Waals surface area contributed by atoms with E-state index in [-0.39, 0.29) is 60.4 Å². The number of carbonyl (C=O) groups excluding carboxylic acids is 5. The van der Waals surface area contributed by atoms with Crippen LogP contribution >= 0.6 is 11.3 Å². The number of ketones is 1. The Morgan fingerprint density at radius 1 is 1.15 bits per heavy atom. The fourth-order valence-corrected chi connectivity index (χ4v) is 9.39. The van der Waals surface area contributed by atoms with Crippen molar-refractivity contribution in [3.8, 4) is 5.75 Å². The molecule has 5 aliphatic rings. The van der Waals surface area contributed by atoms with E-state index in [4.69, 9.17) is 18.8 Å². The molecular weight excluding hydrogens is 718 g/mol. The summed E-state index contributed by atoms with van der Waals surface area (Å²) in [4.78, 5) is 73.7. The lowest BCUT2D eigenvalue weighted by molar-refractivity contribution is -0.199. The predicted molar refractivity (Wildman–Crippen MR) is 197 cm³/mol. The van der Waals surface area contributed by atoms with Crippen LogP contribution in [0.15, 0.2) is 17.5 Å². The second-order valence-corrected chi connectivity index (χ2v) is 17.7. The summed E-state index contributed by atoms with van der Waals surface area (Å²) in [5.74, 6) is -3.69. The maximum Gasteiger partial charge on any atom is 0.461 e. The molecule has 3 aliphatic carbocycles. The molecule has 2 aromatic rings. The number of nitrogens with one attached hydrogen (secondary N) is 1. The molecule has 16 heteroatoms. The Balaban J connectivity index is 1.34. The SMILES string of the molecule is CCN1CCN(C(=O)NC(C(=O)C[C@@H](Cc2cc(F)cc(C(=O)OC(C)(C)C)c2OC)B2OC3CC4CC(C4(C)C)[C@]3(C)O2)c2csc(C)n2)C(=O)C1=O.